The van der Waals surface area contributed by atoms with Crippen molar-refractivity contribution in [1.82, 2.24) is 10.2 Å². The number of hydrogen-bond acceptors (Lipinski definition) is 4. The van der Waals surface area contributed by atoms with E-state index in [0.29, 0.717) is 6.54 Å². The monoisotopic (exact) mass is 276 g/mol. The van der Waals surface area contributed by atoms with Gasteiger partial charge in [0.05, 0.1) is 5.75 Å². The Morgan fingerprint density at radius 2 is 1.72 bits per heavy atom. The van der Waals surface area contributed by atoms with Crippen molar-refractivity contribution in [3.63, 3.8) is 0 Å². The first-order valence-corrected chi connectivity index (χ1v) is 9.14. The highest BCUT2D eigenvalue weighted by molar-refractivity contribution is 7.90. The SMILES string of the molecule is CN(CCNCCS(C)(=O)=O)C1CCCCCC1. The van der Waals surface area contributed by atoms with Crippen LogP contribution in [0.4, 0.5) is 0 Å². The number of nitrogens with zero attached hydrogens (tertiary/aromatic N) is 1. The zero-order valence-corrected chi connectivity index (χ0v) is 12.6. The van der Waals surface area contributed by atoms with E-state index in [9.17, 15) is 8.42 Å². The Hall–Kier alpha value is -0.130. The van der Waals surface area contributed by atoms with E-state index >= 15 is 0 Å². The molecular weight excluding hydrogens is 248 g/mol. The molecule has 1 rings (SSSR count). The maximum Gasteiger partial charge on any atom is 0.148 e. The molecule has 1 fully saturated rings. The summed E-state index contributed by atoms with van der Waals surface area (Å²) in [5, 5.41) is 3.21. The van der Waals surface area contributed by atoms with Gasteiger partial charge in [-0.2, -0.15) is 0 Å². The van der Waals surface area contributed by atoms with Gasteiger partial charge in [-0.25, -0.2) is 8.42 Å². The second-order valence-corrected chi connectivity index (χ2v) is 7.77. The van der Waals surface area contributed by atoms with Gasteiger partial charge in [0, 0.05) is 31.9 Å². The molecule has 1 aliphatic rings. The summed E-state index contributed by atoms with van der Waals surface area (Å²) in [5.74, 6) is 0.236. The minimum absolute atomic E-state index is 0.236. The Labute approximate surface area is 112 Å². The Kier molecular flexibility index (Phi) is 7.19. The summed E-state index contributed by atoms with van der Waals surface area (Å²) in [6.45, 7) is 2.45. The zero-order chi connectivity index (χ0) is 13.4. The molecular formula is C13H28N2O2S. The molecule has 0 saturated heterocycles. The number of hydrogen-bond donors (Lipinski definition) is 1. The van der Waals surface area contributed by atoms with Crippen molar-refractivity contribution in [2.24, 2.45) is 0 Å². The lowest BCUT2D eigenvalue weighted by Gasteiger charge is -2.27. The summed E-state index contributed by atoms with van der Waals surface area (Å²) in [5.41, 5.74) is 0. The molecule has 0 unspecified atom stereocenters. The maximum atomic E-state index is 11.0. The maximum absolute atomic E-state index is 11.0. The Balaban J connectivity index is 2.10. The molecule has 0 heterocycles. The standard InChI is InChI=1S/C13H28N2O2S/c1-15(13-7-5-3-4-6-8-13)11-9-14-10-12-18(2,16)17/h13-14H,3-12H2,1-2H3. The fourth-order valence-corrected chi connectivity index (χ4v) is 3.03. The van der Waals surface area contributed by atoms with Gasteiger partial charge in [-0.1, -0.05) is 25.7 Å². The zero-order valence-electron chi connectivity index (χ0n) is 11.8. The van der Waals surface area contributed by atoms with E-state index in [2.05, 4.69) is 17.3 Å². The first kappa shape index (κ1) is 15.9. The summed E-state index contributed by atoms with van der Waals surface area (Å²) in [7, 11) is -0.638. The second-order valence-electron chi connectivity index (χ2n) is 5.51. The smallest absolute Gasteiger partial charge is 0.148 e. The molecule has 0 radical (unpaired) electrons. The van der Waals surface area contributed by atoms with E-state index in [0.717, 1.165) is 19.1 Å². The third-order valence-electron chi connectivity index (χ3n) is 3.74. The van der Waals surface area contributed by atoms with Gasteiger partial charge in [0.1, 0.15) is 9.84 Å². The van der Waals surface area contributed by atoms with Crippen LogP contribution in [-0.2, 0) is 9.84 Å². The van der Waals surface area contributed by atoms with Gasteiger partial charge in [-0.15, -0.1) is 0 Å². The van der Waals surface area contributed by atoms with Crippen LogP contribution in [0.3, 0.4) is 0 Å². The van der Waals surface area contributed by atoms with Crippen LogP contribution < -0.4 is 5.32 Å². The van der Waals surface area contributed by atoms with E-state index in [4.69, 9.17) is 0 Å². The predicted octanol–water partition coefficient (Wildman–Crippen LogP) is 1.28. The van der Waals surface area contributed by atoms with Gasteiger partial charge in [0.25, 0.3) is 0 Å². The minimum atomic E-state index is -2.83. The highest BCUT2D eigenvalue weighted by Gasteiger charge is 2.16. The first-order valence-electron chi connectivity index (χ1n) is 7.08. The van der Waals surface area contributed by atoms with Gasteiger partial charge < -0.3 is 10.2 Å². The summed E-state index contributed by atoms with van der Waals surface area (Å²) in [6, 6.07) is 0.726. The lowest BCUT2D eigenvalue weighted by molar-refractivity contribution is 0.222. The lowest BCUT2D eigenvalue weighted by atomic mass is 10.1. The van der Waals surface area contributed by atoms with Gasteiger partial charge in [0.2, 0.25) is 0 Å². The molecule has 0 amide bonds. The van der Waals surface area contributed by atoms with Crippen LogP contribution in [0.25, 0.3) is 0 Å². The highest BCUT2D eigenvalue weighted by Crippen LogP contribution is 2.20. The molecule has 5 heteroatoms. The van der Waals surface area contributed by atoms with Gasteiger partial charge in [-0.05, 0) is 19.9 Å². The van der Waals surface area contributed by atoms with E-state index < -0.39 is 9.84 Å². The topological polar surface area (TPSA) is 49.4 Å². The van der Waals surface area contributed by atoms with Crippen molar-refractivity contribution in [1.29, 1.82) is 0 Å². The quantitative estimate of drug-likeness (QED) is 0.562. The third-order valence-corrected chi connectivity index (χ3v) is 4.68. The number of likely N-dealkylation sites (N-methyl/N-ethyl adjacent to an activating group) is 1. The van der Waals surface area contributed by atoms with Crippen molar-refractivity contribution in [2.75, 3.05) is 38.7 Å². The largest absolute Gasteiger partial charge is 0.314 e. The number of nitrogens with one attached hydrogen (secondary N) is 1. The number of sulfone groups is 1. The second kappa shape index (κ2) is 8.12. The molecule has 1 N–H and O–H groups in total. The minimum Gasteiger partial charge on any atom is -0.314 e. The Morgan fingerprint density at radius 3 is 2.28 bits per heavy atom. The first-order chi connectivity index (χ1) is 8.49. The van der Waals surface area contributed by atoms with Crippen molar-refractivity contribution in [3.05, 3.63) is 0 Å². The van der Waals surface area contributed by atoms with Gasteiger partial charge in [-0.3, -0.25) is 0 Å². The van der Waals surface area contributed by atoms with Crippen molar-refractivity contribution in [2.45, 2.75) is 44.6 Å². The summed E-state index contributed by atoms with van der Waals surface area (Å²) >= 11 is 0. The fraction of sp³-hybridized carbons (Fsp3) is 1.00. The van der Waals surface area contributed by atoms with E-state index in [1.807, 2.05) is 0 Å². The average molecular weight is 276 g/mol. The molecule has 0 aromatic heterocycles. The number of rotatable bonds is 7. The lowest BCUT2D eigenvalue weighted by Crippen LogP contribution is -2.37. The molecule has 108 valence electrons. The highest BCUT2D eigenvalue weighted by atomic mass is 32.2. The normalized spacial score (nSPS) is 19.1. The van der Waals surface area contributed by atoms with Crippen LogP contribution in [0.1, 0.15) is 38.5 Å². The van der Waals surface area contributed by atoms with E-state index in [1.54, 1.807) is 0 Å². The summed E-state index contributed by atoms with van der Waals surface area (Å²) in [4.78, 5) is 2.43. The van der Waals surface area contributed by atoms with Crippen LogP contribution in [0, 0.1) is 0 Å². The third kappa shape index (κ3) is 7.34. The van der Waals surface area contributed by atoms with Crippen molar-refractivity contribution >= 4 is 9.84 Å². The molecule has 18 heavy (non-hydrogen) atoms. The van der Waals surface area contributed by atoms with Crippen LogP contribution in [0.5, 0.6) is 0 Å². The predicted molar refractivity (Wildman–Crippen MR) is 76.7 cm³/mol. The fourth-order valence-electron chi connectivity index (χ4n) is 2.52. The van der Waals surface area contributed by atoms with Gasteiger partial charge >= 0.3 is 0 Å². The Bertz CT molecular complexity index is 309. The van der Waals surface area contributed by atoms with E-state index in [1.165, 1.54) is 44.8 Å². The molecule has 0 aliphatic heterocycles. The molecule has 0 atom stereocenters. The van der Waals surface area contributed by atoms with Crippen LogP contribution in [-0.4, -0.2) is 58.1 Å². The molecule has 0 aromatic rings. The van der Waals surface area contributed by atoms with Crippen LogP contribution in [0.15, 0.2) is 0 Å². The van der Waals surface area contributed by atoms with Crippen molar-refractivity contribution < 1.29 is 8.42 Å². The van der Waals surface area contributed by atoms with Crippen LogP contribution >= 0.6 is 0 Å². The molecule has 0 aromatic carbocycles. The molecule has 0 bridgehead atoms. The summed E-state index contributed by atoms with van der Waals surface area (Å²) < 4.78 is 21.9. The van der Waals surface area contributed by atoms with E-state index in [-0.39, 0.29) is 5.75 Å². The van der Waals surface area contributed by atoms with Gasteiger partial charge in [0.15, 0.2) is 0 Å². The summed E-state index contributed by atoms with van der Waals surface area (Å²) in [6.07, 6.45) is 9.41. The van der Waals surface area contributed by atoms with Crippen molar-refractivity contribution in [3.8, 4) is 0 Å². The molecule has 1 aliphatic carbocycles. The molecule has 0 spiro atoms. The molecule has 4 nitrogen and oxygen atoms in total. The molecule has 1 saturated carbocycles. The van der Waals surface area contributed by atoms with Crippen LogP contribution in [0.2, 0.25) is 0 Å². The Morgan fingerprint density at radius 1 is 1.11 bits per heavy atom. The average Bonchev–Trinajstić information content (AvgIpc) is 2.55.